The van der Waals surface area contributed by atoms with Gasteiger partial charge in [-0.05, 0) is 36.8 Å². The minimum absolute atomic E-state index is 0.142. The highest BCUT2D eigenvalue weighted by Crippen LogP contribution is 2.56. The summed E-state index contributed by atoms with van der Waals surface area (Å²) in [6.07, 6.45) is 4.84. The molecule has 1 amide bonds. The molecule has 4 heteroatoms. The first-order chi connectivity index (χ1) is 10.1. The van der Waals surface area contributed by atoms with Gasteiger partial charge >= 0.3 is 5.97 Å². The summed E-state index contributed by atoms with van der Waals surface area (Å²) in [5.74, 6) is 1.03. The molecule has 2 aliphatic carbocycles. The number of hydrogen-bond acceptors (Lipinski definition) is 3. The number of hydrogen-bond donors (Lipinski definition) is 0. The number of fused-ring (bicyclic) bond motifs is 1. The Kier molecular flexibility index (Phi) is 3.70. The Hall–Kier alpha value is -1.84. The maximum atomic E-state index is 12.7. The van der Waals surface area contributed by atoms with Crippen molar-refractivity contribution >= 4 is 17.6 Å². The zero-order chi connectivity index (χ0) is 15.0. The lowest BCUT2D eigenvalue weighted by molar-refractivity contribution is -0.120. The number of amides is 1. The lowest BCUT2D eigenvalue weighted by Crippen LogP contribution is -2.30. The molecular formula is C17H21NO3. The van der Waals surface area contributed by atoms with Crippen LogP contribution < -0.4 is 4.90 Å². The Labute approximate surface area is 125 Å². The van der Waals surface area contributed by atoms with Crippen LogP contribution in [-0.2, 0) is 9.53 Å². The van der Waals surface area contributed by atoms with Crippen LogP contribution in [0.1, 0.15) is 36.0 Å². The van der Waals surface area contributed by atoms with Crippen molar-refractivity contribution < 1.29 is 14.3 Å². The van der Waals surface area contributed by atoms with Crippen molar-refractivity contribution in [2.24, 2.45) is 17.8 Å². The van der Waals surface area contributed by atoms with Crippen molar-refractivity contribution in [1.29, 1.82) is 0 Å². The van der Waals surface area contributed by atoms with Gasteiger partial charge in [0.2, 0.25) is 5.91 Å². The summed E-state index contributed by atoms with van der Waals surface area (Å²) in [6.45, 7) is 0. The third-order valence-electron chi connectivity index (χ3n) is 4.94. The number of rotatable bonds is 3. The molecular weight excluding hydrogens is 266 g/mol. The van der Waals surface area contributed by atoms with E-state index in [2.05, 4.69) is 0 Å². The highest BCUT2D eigenvalue weighted by Gasteiger charge is 2.55. The average Bonchev–Trinajstić information content (AvgIpc) is 3.27. The molecule has 3 rings (SSSR count). The number of benzene rings is 1. The molecule has 0 N–H and O–H groups in total. The van der Waals surface area contributed by atoms with Gasteiger partial charge in [0.25, 0.3) is 0 Å². The molecule has 2 fully saturated rings. The summed E-state index contributed by atoms with van der Waals surface area (Å²) < 4.78 is 4.80. The smallest absolute Gasteiger partial charge is 0.339 e. The van der Waals surface area contributed by atoms with Crippen LogP contribution in [0.3, 0.4) is 0 Å². The van der Waals surface area contributed by atoms with E-state index in [1.807, 2.05) is 6.07 Å². The molecule has 2 aliphatic rings. The van der Waals surface area contributed by atoms with E-state index < -0.39 is 5.97 Å². The van der Waals surface area contributed by atoms with E-state index in [1.165, 1.54) is 32.8 Å². The monoisotopic (exact) mass is 287 g/mol. The number of nitrogens with zero attached hydrogens (tertiary/aromatic N) is 1. The van der Waals surface area contributed by atoms with Gasteiger partial charge in [-0.2, -0.15) is 0 Å². The summed E-state index contributed by atoms with van der Waals surface area (Å²) in [5.41, 5.74) is 1.08. The molecule has 2 saturated carbocycles. The number of esters is 1. The first-order valence-electron chi connectivity index (χ1n) is 7.60. The molecule has 0 aromatic heterocycles. The third kappa shape index (κ3) is 2.43. The highest BCUT2D eigenvalue weighted by molar-refractivity contribution is 6.03. The molecule has 112 valence electrons. The average molecular weight is 287 g/mol. The van der Waals surface area contributed by atoms with Gasteiger partial charge in [0.1, 0.15) is 0 Å². The van der Waals surface area contributed by atoms with Crippen LogP contribution in [0.25, 0.3) is 0 Å². The Morgan fingerprint density at radius 3 is 2.38 bits per heavy atom. The van der Waals surface area contributed by atoms with E-state index in [-0.39, 0.29) is 11.8 Å². The lowest BCUT2D eigenvalue weighted by atomic mass is 10.0. The van der Waals surface area contributed by atoms with Gasteiger partial charge in [0.15, 0.2) is 0 Å². The van der Waals surface area contributed by atoms with E-state index in [0.717, 1.165) is 0 Å². The Bertz CT molecular complexity index is 557. The fraction of sp³-hybridized carbons (Fsp3) is 0.529. The second-order valence-corrected chi connectivity index (χ2v) is 6.04. The van der Waals surface area contributed by atoms with E-state index in [4.69, 9.17) is 4.74 Å². The van der Waals surface area contributed by atoms with Crippen molar-refractivity contribution in [2.75, 3.05) is 19.1 Å². The number of para-hydroxylation sites is 1. The largest absolute Gasteiger partial charge is 0.465 e. The molecule has 0 saturated heterocycles. The standard InChI is InChI=1S/C17H21NO3/c1-18(14-10-6-5-9-13(14)17(20)21-2)16(19)15-11-7-3-4-8-12(11)15/h5-6,9-12,15H,3-4,7-8H2,1-2H3. The van der Waals surface area contributed by atoms with Gasteiger partial charge in [-0.1, -0.05) is 25.0 Å². The normalized spacial score (nSPS) is 26.7. The predicted molar refractivity (Wildman–Crippen MR) is 80.1 cm³/mol. The van der Waals surface area contributed by atoms with E-state index in [1.54, 1.807) is 30.1 Å². The molecule has 21 heavy (non-hydrogen) atoms. The van der Waals surface area contributed by atoms with Crippen LogP contribution in [0.4, 0.5) is 5.69 Å². The van der Waals surface area contributed by atoms with E-state index in [0.29, 0.717) is 23.1 Å². The third-order valence-corrected chi connectivity index (χ3v) is 4.94. The summed E-state index contributed by atoms with van der Waals surface area (Å²) in [7, 11) is 3.12. The van der Waals surface area contributed by atoms with Crippen molar-refractivity contribution in [2.45, 2.75) is 25.7 Å². The number of ether oxygens (including phenoxy) is 1. The van der Waals surface area contributed by atoms with Crippen LogP contribution in [0, 0.1) is 17.8 Å². The summed E-state index contributed by atoms with van der Waals surface area (Å²) >= 11 is 0. The Balaban J connectivity index is 1.81. The summed E-state index contributed by atoms with van der Waals surface area (Å²) in [5, 5.41) is 0. The number of anilines is 1. The van der Waals surface area contributed by atoms with Crippen molar-refractivity contribution in [3.63, 3.8) is 0 Å². The Morgan fingerprint density at radius 1 is 1.14 bits per heavy atom. The SMILES string of the molecule is COC(=O)c1ccccc1N(C)C(=O)C1C2CCCCC21. The van der Waals surface area contributed by atoms with Crippen LogP contribution in [-0.4, -0.2) is 26.0 Å². The van der Waals surface area contributed by atoms with E-state index in [9.17, 15) is 9.59 Å². The maximum Gasteiger partial charge on any atom is 0.339 e. The second-order valence-electron chi connectivity index (χ2n) is 6.04. The van der Waals surface area contributed by atoms with Gasteiger partial charge in [-0.15, -0.1) is 0 Å². The van der Waals surface area contributed by atoms with Crippen molar-refractivity contribution in [3.8, 4) is 0 Å². The number of carbonyl (C=O) groups excluding carboxylic acids is 2. The molecule has 0 heterocycles. The van der Waals surface area contributed by atoms with Crippen LogP contribution >= 0.6 is 0 Å². The fourth-order valence-electron chi connectivity index (χ4n) is 3.75. The summed E-state index contributed by atoms with van der Waals surface area (Å²) in [4.78, 5) is 26.2. The fourth-order valence-corrected chi connectivity index (χ4v) is 3.75. The quantitative estimate of drug-likeness (QED) is 0.803. The lowest BCUT2D eigenvalue weighted by Gasteiger charge is -2.20. The molecule has 2 atom stereocenters. The van der Waals surface area contributed by atoms with Crippen molar-refractivity contribution in [3.05, 3.63) is 29.8 Å². The predicted octanol–water partition coefficient (Wildman–Crippen LogP) is 2.87. The minimum Gasteiger partial charge on any atom is -0.465 e. The molecule has 0 aliphatic heterocycles. The van der Waals surface area contributed by atoms with Gasteiger partial charge in [0.05, 0.1) is 18.4 Å². The molecule has 1 aromatic rings. The maximum absolute atomic E-state index is 12.7. The first kappa shape index (κ1) is 14.1. The highest BCUT2D eigenvalue weighted by atomic mass is 16.5. The van der Waals surface area contributed by atoms with Crippen LogP contribution in [0.5, 0.6) is 0 Å². The van der Waals surface area contributed by atoms with Gasteiger partial charge in [-0.3, -0.25) is 4.79 Å². The Morgan fingerprint density at radius 2 is 1.76 bits per heavy atom. The molecule has 0 radical (unpaired) electrons. The molecule has 1 aromatic carbocycles. The molecule has 0 bridgehead atoms. The zero-order valence-electron chi connectivity index (χ0n) is 12.5. The van der Waals surface area contributed by atoms with Crippen LogP contribution in [0.15, 0.2) is 24.3 Å². The van der Waals surface area contributed by atoms with Crippen molar-refractivity contribution in [1.82, 2.24) is 0 Å². The zero-order valence-corrected chi connectivity index (χ0v) is 12.5. The summed E-state index contributed by atoms with van der Waals surface area (Å²) in [6, 6.07) is 7.12. The molecule has 4 nitrogen and oxygen atoms in total. The number of carbonyl (C=O) groups is 2. The van der Waals surface area contributed by atoms with Gasteiger partial charge < -0.3 is 9.64 Å². The van der Waals surface area contributed by atoms with Gasteiger partial charge in [-0.25, -0.2) is 4.79 Å². The topological polar surface area (TPSA) is 46.6 Å². The van der Waals surface area contributed by atoms with Crippen LogP contribution in [0.2, 0.25) is 0 Å². The molecule has 0 spiro atoms. The second kappa shape index (κ2) is 5.51. The molecule has 2 unspecified atom stereocenters. The van der Waals surface area contributed by atoms with E-state index >= 15 is 0 Å². The first-order valence-corrected chi connectivity index (χ1v) is 7.60. The number of methoxy groups -OCH3 is 1. The van der Waals surface area contributed by atoms with Gasteiger partial charge in [0, 0.05) is 13.0 Å². The minimum atomic E-state index is -0.404.